The smallest absolute Gasteiger partial charge is 0.226 e. The number of hydrogen-bond donors (Lipinski definition) is 2. The Labute approximate surface area is 155 Å². The number of aromatic nitrogens is 2. The first-order chi connectivity index (χ1) is 12.0. The summed E-state index contributed by atoms with van der Waals surface area (Å²) in [7, 11) is 0. The second kappa shape index (κ2) is 6.54. The third kappa shape index (κ3) is 3.11. The van der Waals surface area contributed by atoms with Crippen molar-refractivity contribution < 1.29 is 9.90 Å². The van der Waals surface area contributed by atoms with Crippen molar-refractivity contribution >= 4 is 29.1 Å². The first kappa shape index (κ1) is 16.7. The van der Waals surface area contributed by atoms with Crippen molar-refractivity contribution in [3.63, 3.8) is 0 Å². The molecule has 5 nitrogen and oxygen atoms in total. The minimum absolute atomic E-state index is 0.0377. The number of carbonyl (C=O) groups is 1. The van der Waals surface area contributed by atoms with Crippen LogP contribution in [0.1, 0.15) is 29.7 Å². The van der Waals surface area contributed by atoms with Crippen LogP contribution in [0.2, 0.25) is 10.0 Å². The van der Waals surface area contributed by atoms with Crippen molar-refractivity contribution in [3.05, 3.63) is 45.2 Å². The largest absolute Gasteiger partial charge is 0.508 e. The molecule has 0 bridgehead atoms. The molecule has 1 saturated heterocycles. The summed E-state index contributed by atoms with van der Waals surface area (Å²) in [4.78, 5) is 14.9. The molecular weight excluding hydrogens is 361 g/mol. The number of aromatic hydroxyl groups is 1. The van der Waals surface area contributed by atoms with Gasteiger partial charge in [-0.1, -0.05) is 23.2 Å². The van der Waals surface area contributed by atoms with E-state index in [1.165, 1.54) is 17.7 Å². The van der Waals surface area contributed by atoms with Crippen molar-refractivity contribution in [3.8, 4) is 5.75 Å². The van der Waals surface area contributed by atoms with Crippen LogP contribution in [0, 0.1) is 5.92 Å². The Kier molecular flexibility index (Phi) is 4.38. The molecule has 0 saturated carbocycles. The van der Waals surface area contributed by atoms with Gasteiger partial charge in [0.25, 0.3) is 0 Å². The lowest BCUT2D eigenvalue weighted by atomic mass is 9.92. The summed E-state index contributed by atoms with van der Waals surface area (Å²) in [5.74, 6) is 0.103. The quantitative estimate of drug-likeness (QED) is 0.858. The van der Waals surface area contributed by atoms with E-state index in [0.29, 0.717) is 16.5 Å². The molecule has 2 N–H and O–H groups in total. The van der Waals surface area contributed by atoms with Crippen LogP contribution in [0.15, 0.2) is 18.3 Å². The van der Waals surface area contributed by atoms with Gasteiger partial charge in [0.1, 0.15) is 5.75 Å². The van der Waals surface area contributed by atoms with E-state index >= 15 is 0 Å². The van der Waals surface area contributed by atoms with E-state index in [-0.39, 0.29) is 23.6 Å². The molecule has 1 fully saturated rings. The summed E-state index contributed by atoms with van der Waals surface area (Å²) < 4.78 is 0. The minimum Gasteiger partial charge on any atom is -0.508 e. The zero-order valence-corrected chi connectivity index (χ0v) is 15.1. The highest BCUT2D eigenvalue weighted by Gasteiger charge is 2.37. The van der Waals surface area contributed by atoms with Crippen LogP contribution in [-0.2, 0) is 24.1 Å². The number of phenols is 1. The van der Waals surface area contributed by atoms with Crippen LogP contribution in [-0.4, -0.2) is 38.7 Å². The summed E-state index contributed by atoms with van der Waals surface area (Å²) in [6, 6.07) is 3.18. The molecule has 1 amide bonds. The minimum atomic E-state index is -0.109. The van der Waals surface area contributed by atoms with E-state index in [1.807, 2.05) is 11.1 Å². The number of likely N-dealkylation sites (tertiary alicyclic amines) is 1. The fourth-order valence-corrected chi connectivity index (χ4v) is 4.63. The number of benzene rings is 1. The Morgan fingerprint density at radius 2 is 2.04 bits per heavy atom. The van der Waals surface area contributed by atoms with E-state index in [4.69, 9.17) is 23.2 Å². The Bertz CT molecular complexity index is 797. The topological polar surface area (TPSA) is 69.2 Å². The van der Waals surface area contributed by atoms with Crippen LogP contribution in [0.5, 0.6) is 5.75 Å². The fraction of sp³-hybridized carbons (Fsp3) is 0.444. The predicted molar refractivity (Wildman–Crippen MR) is 96.1 cm³/mol. The Balaban J connectivity index is 1.47. The summed E-state index contributed by atoms with van der Waals surface area (Å²) >= 11 is 12.4. The number of hydrogen-bond acceptors (Lipinski definition) is 3. The normalized spacial score (nSPS) is 23.1. The average Bonchev–Trinajstić information content (AvgIpc) is 3.17. The number of carbonyl (C=O) groups excluding carboxylic acids is 1. The fourth-order valence-electron chi connectivity index (χ4n) is 4.00. The van der Waals surface area contributed by atoms with Gasteiger partial charge in [-0.3, -0.25) is 9.89 Å². The van der Waals surface area contributed by atoms with E-state index < -0.39 is 0 Å². The van der Waals surface area contributed by atoms with Gasteiger partial charge in [-0.2, -0.15) is 5.10 Å². The number of amides is 1. The second-order valence-corrected chi connectivity index (χ2v) is 7.69. The lowest BCUT2D eigenvalue weighted by Crippen LogP contribution is -2.41. The van der Waals surface area contributed by atoms with Gasteiger partial charge in [-0.05, 0) is 48.9 Å². The lowest BCUT2D eigenvalue weighted by Gasteiger charge is -2.31. The van der Waals surface area contributed by atoms with Crippen LogP contribution in [0.3, 0.4) is 0 Å². The van der Waals surface area contributed by atoms with E-state index in [2.05, 4.69) is 10.2 Å². The van der Waals surface area contributed by atoms with E-state index in [9.17, 15) is 9.90 Å². The van der Waals surface area contributed by atoms with Gasteiger partial charge in [-0.15, -0.1) is 0 Å². The Hall–Kier alpha value is -1.72. The van der Waals surface area contributed by atoms with E-state index in [0.717, 1.165) is 43.5 Å². The third-order valence-electron chi connectivity index (χ3n) is 5.36. The number of aromatic amines is 1. The number of phenolic OH excluding ortho intramolecular Hbond substituents is 1. The highest BCUT2D eigenvalue weighted by molar-refractivity contribution is 6.36. The molecule has 4 rings (SSSR count). The second-order valence-electron chi connectivity index (χ2n) is 6.88. The monoisotopic (exact) mass is 379 g/mol. The molecule has 0 spiro atoms. The van der Waals surface area contributed by atoms with Gasteiger partial charge in [-0.25, -0.2) is 0 Å². The Morgan fingerprint density at radius 3 is 2.80 bits per heavy atom. The predicted octanol–water partition coefficient (Wildman–Crippen LogP) is 3.37. The van der Waals surface area contributed by atoms with Gasteiger partial charge in [0.2, 0.25) is 5.91 Å². The highest BCUT2D eigenvalue weighted by atomic mass is 35.5. The first-order valence-corrected chi connectivity index (χ1v) is 9.27. The van der Waals surface area contributed by atoms with Crippen LogP contribution >= 0.6 is 23.2 Å². The summed E-state index contributed by atoms with van der Waals surface area (Å²) in [6.07, 6.45) is 5.98. The van der Waals surface area contributed by atoms with Crippen molar-refractivity contribution in [1.82, 2.24) is 15.1 Å². The van der Waals surface area contributed by atoms with Crippen molar-refractivity contribution in [1.29, 1.82) is 0 Å². The highest BCUT2D eigenvalue weighted by Crippen LogP contribution is 2.35. The molecule has 1 aromatic carbocycles. The van der Waals surface area contributed by atoms with Crippen LogP contribution in [0.4, 0.5) is 0 Å². The van der Waals surface area contributed by atoms with Gasteiger partial charge in [0, 0.05) is 40.7 Å². The Morgan fingerprint density at radius 1 is 1.28 bits per heavy atom. The molecule has 1 unspecified atom stereocenters. The van der Waals surface area contributed by atoms with Crippen LogP contribution in [0.25, 0.3) is 0 Å². The van der Waals surface area contributed by atoms with Crippen molar-refractivity contribution in [2.24, 2.45) is 5.92 Å². The SMILES string of the molecule is O=C1[C@H](Cc2c(Cl)cc(O)cc2Cl)CCN1C1CCc2cn[nH]c2C1. The van der Waals surface area contributed by atoms with Gasteiger partial charge >= 0.3 is 0 Å². The standard InChI is InChI=1S/C18H19Cl2N3O2/c19-15-7-13(24)8-16(20)14(15)5-10-3-4-23(18(10)25)12-2-1-11-9-21-22-17(11)6-12/h7-10,12,24H,1-6H2,(H,21,22)/t10-,12?/m0/s1. The van der Waals surface area contributed by atoms with Gasteiger partial charge in [0.15, 0.2) is 0 Å². The number of nitrogens with zero attached hydrogens (tertiary/aromatic N) is 2. The number of fused-ring (bicyclic) bond motifs is 1. The van der Waals surface area contributed by atoms with E-state index in [1.54, 1.807) is 0 Å². The summed E-state index contributed by atoms with van der Waals surface area (Å²) in [6.45, 7) is 0.769. The van der Waals surface area contributed by atoms with Crippen molar-refractivity contribution in [2.75, 3.05) is 6.54 Å². The van der Waals surface area contributed by atoms with Gasteiger partial charge in [0.05, 0.1) is 6.20 Å². The molecule has 1 aliphatic carbocycles. The molecule has 132 valence electrons. The molecule has 2 atom stereocenters. The molecule has 1 aliphatic heterocycles. The lowest BCUT2D eigenvalue weighted by molar-refractivity contribution is -0.133. The number of H-pyrrole nitrogens is 1. The number of nitrogens with one attached hydrogen (secondary N) is 1. The maximum atomic E-state index is 12.9. The molecular formula is C18H19Cl2N3O2. The van der Waals surface area contributed by atoms with Gasteiger partial charge < -0.3 is 10.0 Å². The summed E-state index contributed by atoms with van der Waals surface area (Å²) in [5, 5.41) is 17.5. The number of halogens is 2. The molecule has 0 radical (unpaired) electrons. The molecule has 2 aliphatic rings. The zero-order valence-electron chi connectivity index (χ0n) is 13.6. The molecule has 25 heavy (non-hydrogen) atoms. The maximum absolute atomic E-state index is 12.9. The molecule has 2 aromatic rings. The van der Waals surface area contributed by atoms with Crippen LogP contribution < -0.4 is 0 Å². The third-order valence-corrected chi connectivity index (χ3v) is 6.04. The molecule has 1 aromatic heterocycles. The van der Waals surface area contributed by atoms with Crippen molar-refractivity contribution in [2.45, 2.75) is 38.1 Å². The first-order valence-electron chi connectivity index (χ1n) is 8.51. The maximum Gasteiger partial charge on any atom is 0.226 e. The number of aryl methyl sites for hydroxylation is 1. The molecule has 7 heteroatoms. The summed E-state index contributed by atoms with van der Waals surface area (Å²) in [5.41, 5.74) is 3.15. The average molecular weight is 380 g/mol. The zero-order chi connectivity index (χ0) is 17.6. The number of rotatable bonds is 3. The molecule has 2 heterocycles.